The molecule has 0 aliphatic carbocycles. The fraction of sp³-hybridized carbons (Fsp3) is 0. The molecule has 60 heavy (non-hydrogen) atoms. The number of benzene rings is 9. The van der Waals surface area contributed by atoms with Gasteiger partial charge in [-0.3, -0.25) is 0 Å². The van der Waals surface area contributed by atoms with E-state index in [-0.39, 0.29) is 0 Å². The van der Waals surface area contributed by atoms with Crippen LogP contribution < -0.4 is 0 Å². The highest BCUT2D eigenvalue weighted by Crippen LogP contribution is 2.41. The van der Waals surface area contributed by atoms with Crippen LogP contribution in [-0.2, 0) is 0 Å². The van der Waals surface area contributed by atoms with E-state index in [0.717, 1.165) is 61.4 Å². The minimum Gasteiger partial charge on any atom is -0.316 e. The molecular weight excluding hydrogens is 729 g/mol. The Balaban J connectivity index is 1.04. The average molecular weight is 765 g/mol. The summed E-state index contributed by atoms with van der Waals surface area (Å²) in [6, 6.07) is 75.8. The zero-order chi connectivity index (χ0) is 39.6. The van der Waals surface area contributed by atoms with Crippen molar-refractivity contribution in [2.45, 2.75) is 0 Å². The summed E-state index contributed by atoms with van der Waals surface area (Å²) in [5.41, 5.74) is 14.2. The smallest absolute Gasteiger partial charge is 0.160 e. The van der Waals surface area contributed by atoms with E-state index in [9.17, 15) is 0 Å². The van der Waals surface area contributed by atoms with Crippen LogP contribution in [0.4, 0.5) is 0 Å². The molecule has 12 aromatic rings. The van der Waals surface area contributed by atoms with Crippen LogP contribution >= 0.6 is 0 Å². The molecule has 0 saturated heterocycles. The highest BCUT2D eigenvalue weighted by molar-refractivity contribution is 6.25. The summed E-state index contributed by atoms with van der Waals surface area (Å²) in [4.78, 5) is 10.6. The minimum atomic E-state index is 0.692. The lowest BCUT2D eigenvalue weighted by atomic mass is 9.94. The first-order valence-corrected chi connectivity index (χ1v) is 20.4. The first-order chi connectivity index (χ1) is 29.7. The Morgan fingerprint density at radius 3 is 1.70 bits per heavy atom. The van der Waals surface area contributed by atoms with Gasteiger partial charge in [-0.05, 0) is 112 Å². The summed E-state index contributed by atoms with van der Waals surface area (Å²) in [7, 11) is 0. The minimum absolute atomic E-state index is 0.692. The second kappa shape index (κ2) is 13.8. The molecule has 12 rings (SSSR count). The molecule has 0 fully saturated rings. The highest BCUT2D eigenvalue weighted by Gasteiger charge is 2.20. The molecule has 0 atom stereocenters. The van der Waals surface area contributed by atoms with E-state index in [1.807, 2.05) is 0 Å². The Kier molecular flexibility index (Phi) is 7.82. The van der Waals surface area contributed by atoms with E-state index in [2.05, 4.69) is 228 Å². The number of hydrogen-bond acceptors (Lipinski definition) is 2. The quantitative estimate of drug-likeness (QED) is 0.169. The molecule has 3 heterocycles. The van der Waals surface area contributed by atoms with Gasteiger partial charge in [0.25, 0.3) is 0 Å². The second-order valence-electron chi connectivity index (χ2n) is 15.4. The van der Waals surface area contributed by atoms with Crippen LogP contribution in [0.1, 0.15) is 0 Å². The Hall–Kier alpha value is -8.08. The number of rotatable bonds is 6. The molecule has 0 bridgehead atoms. The summed E-state index contributed by atoms with van der Waals surface area (Å²) >= 11 is 0. The highest BCUT2D eigenvalue weighted by atomic mass is 15.0. The monoisotopic (exact) mass is 764 g/mol. The van der Waals surface area contributed by atoms with Crippen LogP contribution in [0.15, 0.2) is 219 Å². The van der Waals surface area contributed by atoms with Crippen LogP contribution in [0.3, 0.4) is 0 Å². The summed E-state index contributed by atoms with van der Waals surface area (Å²) in [5.74, 6) is 0.692. The van der Waals surface area contributed by atoms with E-state index in [1.54, 1.807) is 0 Å². The maximum Gasteiger partial charge on any atom is 0.160 e. The van der Waals surface area contributed by atoms with Crippen molar-refractivity contribution in [1.29, 1.82) is 0 Å². The lowest BCUT2D eigenvalue weighted by molar-refractivity contribution is 1.13. The normalized spacial score (nSPS) is 11.7. The van der Waals surface area contributed by atoms with Crippen LogP contribution in [-0.4, -0.2) is 19.1 Å². The lowest BCUT2D eigenvalue weighted by Crippen LogP contribution is -1.98. The van der Waals surface area contributed by atoms with Gasteiger partial charge in [-0.25, -0.2) is 9.97 Å². The molecule has 4 heteroatoms. The number of para-hydroxylation sites is 2. The third-order valence-corrected chi connectivity index (χ3v) is 11.9. The summed E-state index contributed by atoms with van der Waals surface area (Å²) < 4.78 is 4.72. The van der Waals surface area contributed by atoms with Crippen molar-refractivity contribution in [3.8, 4) is 56.3 Å². The zero-order valence-electron chi connectivity index (χ0n) is 32.6. The van der Waals surface area contributed by atoms with Gasteiger partial charge in [0.15, 0.2) is 5.82 Å². The molecule has 0 aliphatic rings. The SMILES string of the molecule is c1ccc(-c2cc(-c3ccccc3)cc(-c3nc(-c4ccc(-n5c6ccc7ccccc7c6c6ccc7c(ccn7-c7ccccc7)c65)cc4)nc4ccccc34)c2)cc1. The van der Waals surface area contributed by atoms with Crippen LogP contribution in [0.5, 0.6) is 0 Å². The van der Waals surface area contributed by atoms with E-state index in [0.29, 0.717) is 5.82 Å². The topological polar surface area (TPSA) is 35.6 Å². The fourth-order valence-corrected chi connectivity index (χ4v) is 9.12. The van der Waals surface area contributed by atoms with Crippen molar-refractivity contribution in [3.05, 3.63) is 219 Å². The molecule has 0 radical (unpaired) electrons. The van der Waals surface area contributed by atoms with Gasteiger partial charge in [-0.1, -0.05) is 133 Å². The standard InChI is InChI=1S/C56H36N4/c1-4-14-37(15-5-1)41-34-42(38-16-6-2-7-17-38)36-43(35-41)54-47-22-12-13-23-50(47)57-56(58-54)40-24-27-45(28-25-40)60-52-30-26-39-18-10-11-21-46(39)53(52)49-29-31-51-48(55(49)60)32-33-59(51)44-19-8-3-9-20-44/h1-36H. The Labute approximate surface area is 346 Å². The molecule has 0 aliphatic heterocycles. The van der Waals surface area contributed by atoms with Crippen molar-refractivity contribution in [2.75, 3.05) is 0 Å². The van der Waals surface area contributed by atoms with Gasteiger partial charge in [0.2, 0.25) is 0 Å². The van der Waals surface area contributed by atoms with Gasteiger partial charge in [-0.2, -0.15) is 0 Å². The molecular formula is C56H36N4. The van der Waals surface area contributed by atoms with Gasteiger partial charge in [0.1, 0.15) is 0 Å². The van der Waals surface area contributed by atoms with Crippen molar-refractivity contribution in [1.82, 2.24) is 19.1 Å². The fourth-order valence-electron chi connectivity index (χ4n) is 9.12. The zero-order valence-corrected chi connectivity index (χ0v) is 32.6. The maximum absolute atomic E-state index is 5.39. The van der Waals surface area contributed by atoms with Gasteiger partial charge < -0.3 is 9.13 Å². The molecule has 3 aromatic heterocycles. The van der Waals surface area contributed by atoms with E-state index in [4.69, 9.17) is 9.97 Å². The van der Waals surface area contributed by atoms with E-state index < -0.39 is 0 Å². The first kappa shape index (κ1) is 34.0. The first-order valence-electron chi connectivity index (χ1n) is 20.4. The number of hydrogen-bond donors (Lipinski definition) is 0. The largest absolute Gasteiger partial charge is 0.316 e. The Morgan fingerprint density at radius 1 is 0.350 bits per heavy atom. The predicted molar refractivity (Wildman–Crippen MR) is 250 cm³/mol. The average Bonchev–Trinajstić information content (AvgIpc) is 3.92. The molecule has 0 saturated carbocycles. The molecule has 0 unspecified atom stereocenters. The van der Waals surface area contributed by atoms with Crippen molar-refractivity contribution >= 4 is 54.4 Å². The molecule has 0 N–H and O–H groups in total. The van der Waals surface area contributed by atoms with E-state index >= 15 is 0 Å². The second-order valence-corrected chi connectivity index (χ2v) is 15.4. The van der Waals surface area contributed by atoms with Gasteiger partial charge in [0.05, 0.1) is 27.8 Å². The van der Waals surface area contributed by atoms with Crippen molar-refractivity contribution in [2.24, 2.45) is 0 Å². The van der Waals surface area contributed by atoms with Crippen molar-refractivity contribution < 1.29 is 0 Å². The van der Waals surface area contributed by atoms with Crippen molar-refractivity contribution in [3.63, 3.8) is 0 Å². The summed E-state index contributed by atoms with van der Waals surface area (Å²) in [6.45, 7) is 0. The van der Waals surface area contributed by atoms with Crippen LogP contribution in [0.25, 0.3) is 111 Å². The number of fused-ring (bicyclic) bond motifs is 8. The van der Waals surface area contributed by atoms with E-state index in [1.165, 1.54) is 43.5 Å². The molecule has 0 amide bonds. The molecule has 0 spiro atoms. The summed E-state index contributed by atoms with van der Waals surface area (Å²) in [5, 5.41) is 7.20. The van der Waals surface area contributed by atoms with Gasteiger partial charge >= 0.3 is 0 Å². The van der Waals surface area contributed by atoms with Crippen LogP contribution in [0, 0.1) is 0 Å². The summed E-state index contributed by atoms with van der Waals surface area (Å²) in [6.07, 6.45) is 2.19. The third-order valence-electron chi connectivity index (χ3n) is 11.9. The Bertz CT molecular complexity index is 3510. The maximum atomic E-state index is 5.39. The molecule has 280 valence electrons. The van der Waals surface area contributed by atoms with Crippen LogP contribution in [0.2, 0.25) is 0 Å². The van der Waals surface area contributed by atoms with Gasteiger partial charge in [0, 0.05) is 50.2 Å². The van der Waals surface area contributed by atoms with Gasteiger partial charge in [-0.15, -0.1) is 0 Å². The molecule has 4 nitrogen and oxygen atoms in total. The molecule has 9 aromatic carbocycles. The lowest BCUT2D eigenvalue weighted by Gasteiger charge is -2.14. The third kappa shape index (κ3) is 5.53. The predicted octanol–water partition coefficient (Wildman–Crippen LogP) is 14.5. The number of aromatic nitrogens is 4. The number of nitrogens with zero attached hydrogens (tertiary/aromatic N) is 4. The Morgan fingerprint density at radius 2 is 0.967 bits per heavy atom.